The van der Waals surface area contributed by atoms with Gasteiger partial charge in [-0.1, -0.05) is 17.7 Å². The normalized spacial score (nSPS) is 16.9. The Balaban J connectivity index is 1.89. The Labute approximate surface area is 122 Å². The fourth-order valence-electron chi connectivity index (χ4n) is 2.65. The van der Waals surface area contributed by atoms with Crippen LogP contribution in [0.5, 0.6) is 5.75 Å². The number of aryl methyl sites for hydroxylation is 1. The number of halogens is 2. The van der Waals surface area contributed by atoms with Crippen molar-refractivity contribution in [3.63, 3.8) is 0 Å². The van der Waals surface area contributed by atoms with Crippen LogP contribution < -0.4 is 10.1 Å². The molecule has 0 heterocycles. The van der Waals surface area contributed by atoms with E-state index in [0.717, 1.165) is 18.6 Å². The number of nitrogens with one attached hydrogen (secondary N) is 1. The Kier molecular flexibility index (Phi) is 3.53. The summed E-state index contributed by atoms with van der Waals surface area (Å²) in [5.74, 6) is 0.537. The summed E-state index contributed by atoms with van der Waals surface area (Å²) < 4.78 is 19.1. The summed E-state index contributed by atoms with van der Waals surface area (Å²) >= 11 is 5.92. The third-order valence-corrected chi connectivity index (χ3v) is 3.92. The molecule has 0 fully saturated rings. The molecule has 2 aromatic carbocycles. The minimum atomic E-state index is -0.286. The van der Waals surface area contributed by atoms with Crippen molar-refractivity contribution in [2.45, 2.75) is 18.9 Å². The number of hydrogen-bond acceptors (Lipinski definition) is 2. The Morgan fingerprint density at radius 3 is 2.90 bits per heavy atom. The Morgan fingerprint density at radius 1 is 1.25 bits per heavy atom. The number of rotatable bonds is 3. The van der Waals surface area contributed by atoms with Crippen LogP contribution in [0.25, 0.3) is 0 Å². The quantitative estimate of drug-likeness (QED) is 0.893. The number of fused-ring (bicyclic) bond motifs is 1. The van der Waals surface area contributed by atoms with Crippen molar-refractivity contribution in [3.05, 3.63) is 58.4 Å². The van der Waals surface area contributed by atoms with Gasteiger partial charge in [0.1, 0.15) is 11.6 Å². The molecule has 0 amide bonds. The van der Waals surface area contributed by atoms with E-state index in [4.69, 9.17) is 16.3 Å². The van der Waals surface area contributed by atoms with Gasteiger partial charge in [-0.2, -0.15) is 0 Å². The number of hydrogen-bond donors (Lipinski definition) is 1. The topological polar surface area (TPSA) is 21.3 Å². The predicted molar refractivity (Wildman–Crippen MR) is 79.1 cm³/mol. The van der Waals surface area contributed by atoms with Crippen molar-refractivity contribution in [1.29, 1.82) is 0 Å². The van der Waals surface area contributed by atoms with E-state index in [2.05, 4.69) is 11.4 Å². The standard InChI is InChI=1S/C16H15ClFNO/c1-20-12-5-2-10-3-7-15(13(10)9-12)19-16-8-11(17)4-6-14(16)18/h2,4-6,8-9,15,19H,3,7H2,1H3. The van der Waals surface area contributed by atoms with Crippen LogP contribution >= 0.6 is 11.6 Å². The minimum Gasteiger partial charge on any atom is -0.497 e. The van der Waals surface area contributed by atoms with Crippen molar-refractivity contribution >= 4 is 17.3 Å². The lowest BCUT2D eigenvalue weighted by Crippen LogP contribution is -2.08. The highest BCUT2D eigenvalue weighted by atomic mass is 35.5. The van der Waals surface area contributed by atoms with Gasteiger partial charge in [0.25, 0.3) is 0 Å². The van der Waals surface area contributed by atoms with Crippen LogP contribution in [0.3, 0.4) is 0 Å². The van der Waals surface area contributed by atoms with Gasteiger partial charge in [0, 0.05) is 5.02 Å². The van der Waals surface area contributed by atoms with Gasteiger partial charge in [0.05, 0.1) is 18.8 Å². The molecule has 4 heteroatoms. The summed E-state index contributed by atoms with van der Waals surface area (Å²) in [7, 11) is 1.65. The molecule has 1 atom stereocenters. The zero-order chi connectivity index (χ0) is 14.1. The van der Waals surface area contributed by atoms with Gasteiger partial charge in [-0.15, -0.1) is 0 Å². The first-order valence-corrected chi connectivity index (χ1v) is 6.93. The molecule has 0 spiro atoms. The number of methoxy groups -OCH3 is 1. The second kappa shape index (κ2) is 5.33. The summed E-state index contributed by atoms with van der Waals surface area (Å²) in [5.41, 5.74) is 2.90. The lowest BCUT2D eigenvalue weighted by Gasteiger charge is -2.17. The van der Waals surface area contributed by atoms with Crippen LogP contribution in [0.1, 0.15) is 23.6 Å². The molecule has 2 nitrogen and oxygen atoms in total. The van der Waals surface area contributed by atoms with Gasteiger partial charge in [-0.3, -0.25) is 0 Å². The predicted octanol–water partition coefficient (Wildman–Crippen LogP) is 4.59. The molecule has 1 unspecified atom stereocenters. The minimum absolute atomic E-state index is 0.0908. The average Bonchev–Trinajstić information content (AvgIpc) is 2.85. The molecule has 3 rings (SSSR count). The van der Waals surface area contributed by atoms with E-state index < -0.39 is 0 Å². The highest BCUT2D eigenvalue weighted by molar-refractivity contribution is 6.30. The molecule has 0 radical (unpaired) electrons. The number of benzene rings is 2. The lowest BCUT2D eigenvalue weighted by molar-refractivity contribution is 0.414. The summed E-state index contributed by atoms with van der Waals surface area (Å²) in [5, 5.41) is 3.77. The number of anilines is 1. The van der Waals surface area contributed by atoms with Gasteiger partial charge in [-0.05, 0) is 54.3 Å². The summed E-state index contributed by atoms with van der Waals surface area (Å²) in [6, 6.07) is 10.7. The Morgan fingerprint density at radius 2 is 2.10 bits per heavy atom. The van der Waals surface area contributed by atoms with E-state index in [1.54, 1.807) is 19.2 Å². The van der Waals surface area contributed by atoms with Gasteiger partial charge < -0.3 is 10.1 Å². The van der Waals surface area contributed by atoms with E-state index in [-0.39, 0.29) is 11.9 Å². The third-order valence-electron chi connectivity index (χ3n) is 3.69. The summed E-state index contributed by atoms with van der Waals surface area (Å²) in [4.78, 5) is 0. The highest BCUT2D eigenvalue weighted by Crippen LogP contribution is 2.36. The van der Waals surface area contributed by atoms with E-state index in [1.807, 2.05) is 12.1 Å². The van der Waals surface area contributed by atoms with Crippen LogP contribution in [0, 0.1) is 5.82 Å². The smallest absolute Gasteiger partial charge is 0.146 e. The number of ether oxygens (including phenoxy) is 1. The second-order valence-electron chi connectivity index (χ2n) is 4.92. The maximum atomic E-state index is 13.8. The lowest BCUT2D eigenvalue weighted by atomic mass is 10.1. The van der Waals surface area contributed by atoms with E-state index >= 15 is 0 Å². The zero-order valence-electron chi connectivity index (χ0n) is 11.1. The van der Waals surface area contributed by atoms with Crippen molar-refractivity contribution in [3.8, 4) is 5.75 Å². The van der Waals surface area contributed by atoms with Crippen LogP contribution in [0.15, 0.2) is 36.4 Å². The fraction of sp³-hybridized carbons (Fsp3) is 0.250. The first kappa shape index (κ1) is 13.3. The second-order valence-corrected chi connectivity index (χ2v) is 5.36. The molecule has 0 saturated carbocycles. The molecule has 1 N–H and O–H groups in total. The van der Waals surface area contributed by atoms with Gasteiger partial charge in [0.2, 0.25) is 0 Å². The maximum Gasteiger partial charge on any atom is 0.146 e. The summed E-state index contributed by atoms with van der Waals surface area (Å²) in [6.07, 6.45) is 1.92. The fourth-order valence-corrected chi connectivity index (χ4v) is 2.83. The molecule has 0 aromatic heterocycles. The molecule has 0 saturated heterocycles. The monoisotopic (exact) mass is 291 g/mol. The Hall–Kier alpha value is -1.74. The average molecular weight is 292 g/mol. The van der Waals surface area contributed by atoms with Crippen molar-refractivity contribution in [1.82, 2.24) is 0 Å². The molecule has 104 valence electrons. The van der Waals surface area contributed by atoms with Crippen LogP contribution in [0.4, 0.5) is 10.1 Å². The van der Waals surface area contributed by atoms with Gasteiger partial charge >= 0.3 is 0 Å². The van der Waals surface area contributed by atoms with E-state index in [0.29, 0.717) is 10.7 Å². The van der Waals surface area contributed by atoms with Crippen molar-refractivity contribution < 1.29 is 9.13 Å². The molecule has 0 aliphatic heterocycles. The van der Waals surface area contributed by atoms with Crippen molar-refractivity contribution in [2.75, 3.05) is 12.4 Å². The zero-order valence-corrected chi connectivity index (χ0v) is 11.9. The highest BCUT2D eigenvalue weighted by Gasteiger charge is 2.23. The van der Waals surface area contributed by atoms with Gasteiger partial charge in [0.15, 0.2) is 0 Å². The first-order chi connectivity index (χ1) is 9.67. The Bertz CT molecular complexity index is 644. The molecule has 20 heavy (non-hydrogen) atoms. The van der Waals surface area contributed by atoms with Crippen LogP contribution in [-0.2, 0) is 6.42 Å². The molecule has 2 aromatic rings. The SMILES string of the molecule is COc1ccc2c(c1)C(Nc1cc(Cl)ccc1F)CC2. The first-order valence-electron chi connectivity index (χ1n) is 6.56. The van der Waals surface area contributed by atoms with Gasteiger partial charge in [-0.25, -0.2) is 4.39 Å². The molecule has 1 aliphatic carbocycles. The van der Waals surface area contributed by atoms with E-state index in [1.165, 1.54) is 17.2 Å². The van der Waals surface area contributed by atoms with Crippen LogP contribution in [0.2, 0.25) is 5.02 Å². The van der Waals surface area contributed by atoms with E-state index in [9.17, 15) is 4.39 Å². The molecule has 0 bridgehead atoms. The molecule has 1 aliphatic rings. The van der Waals surface area contributed by atoms with Crippen molar-refractivity contribution in [2.24, 2.45) is 0 Å². The molecular weight excluding hydrogens is 277 g/mol. The van der Waals surface area contributed by atoms with Crippen LogP contribution in [-0.4, -0.2) is 7.11 Å². The summed E-state index contributed by atoms with van der Waals surface area (Å²) in [6.45, 7) is 0. The largest absolute Gasteiger partial charge is 0.497 e. The third kappa shape index (κ3) is 2.46. The molecular formula is C16H15ClFNO. The maximum absolute atomic E-state index is 13.8.